The Morgan fingerprint density at radius 2 is 0.727 bits per heavy atom. The van der Waals surface area contributed by atoms with Gasteiger partial charge in [0.2, 0.25) is 0 Å². The molecule has 2 aromatic carbocycles. The van der Waals surface area contributed by atoms with Gasteiger partial charge >= 0.3 is 0 Å². The fraction of sp³-hybridized carbons (Fsp3) is 0.360. The van der Waals surface area contributed by atoms with E-state index < -0.39 is 10.1 Å². The lowest BCUT2D eigenvalue weighted by Crippen LogP contribution is -1.88. The van der Waals surface area contributed by atoms with E-state index in [2.05, 4.69) is 0 Å². The standard InChI is InChI=1S/2C8H8O.2C3H6O.C2H6.CH4O3S/c2*1-7(9)8-5-3-2-4-6-8;2*1-3(2)4;1-2;1-5(2,3)4/h2*2-6H,1H3;2*1-2H3;1-2H3;1H3,(H,2,3,4). The topological polar surface area (TPSA) is 123 Å². The predicted octanol–water partition coefficient (Wildman–Crippen LogP) is 5.50. The normalized spacial score (nSPS) is 8.42. The Hall–Kier alpha value is -2.97. The summed E-state index contributed by atoms with van der Waals surface area (Å²) in [6.07, 6.45) is 0.715. The number of carbonyl (C=O) groups excluding carboxylic acids is 4. The highest BCUT2D eigenvalue weighted by molar-refractivity contribution is 7.85. The first-order chi connectivity index (χ1) is 15.1. The van der Waals surface area contributed by atoms with E-state index >= 15 is 0 Å². The van der Waals surface area contributed by atoms with Gasteiger partial charge in [-0.3, -0.25) is 14.1 Å². The molecule has 8 heteroatoms. The Kier molecular flexibility index (Phi) is 26.8. The zero-order valence-corrected chi connectivity index (χ0v) is 21.9. The molecule has 0 fully saturated rings. The number of hydrogen-bond donors (Lipinski definition) is 1. The number of Topliss-reactive ketones (excluding diaryl/α,β-unsaturated/α-hetero) is 4. The van der Waals surface area contributed by atoms with Crippen LogP contribution in [0.3, 0.4) is 0 Å². The third kappa shape index (κ3) is 48.0. The van der Waals surface area contributed by atoms with Crippen LogP contribution in [0.15, 0.2) is 60.7 Å². The van der Waals surface area contributed by atoms with Crippen molar-refractivity contribution >= 4 is 33.3 Å². The van der Waals surface area contributed by atoms with Gasteiger partial charge in [-0.2, -0.15) is 8.42 Å². The van der Waals surface area contributed by atoms with Gasteiger partial charge in [0.15, 0.2) is 11.6 Å². The smallest absolute Gasteiger partial charge is 0.261 e. The molecular formula is C25H38O7S. The molecule has 0 aromatic heterocycles. The van der Waals surface area contributed by atoms with Crippen LogP contribution >= 0.6 is 0 Å². The summed E-state index contributed by atoms with van der Waals surface area (Å²) >= 11 is 0. The molecule has 0 aliphatic heterocycles. The Morgan fingerprint density at radius 1 is 0.576 bits per heavy atom. The molecule has 0 amide bonds. The number of rotatable bonds is 2. The third-order valence-corrected chi connectivity index (χ3v) is 2.36. The van der Waals surface area contributed by atoms with Gasteiger partial charge in [0, 0.05) is 11.1 Å². The van der Waals surface area contributed by atoms with Gasteiger partial charge in [0.05, 0.1) is 6.26 Å². The van der Waals surface area contributed by atoms with Crippen molar-refractivity contribution in [3.05, 3.63) is 71.8 Å². The minimum atomic E-state index is -3.67. The molecule has 0 saturated heterocycles. The monoisotopic (exact) mass is 482 g/mol. The minimum absolute atomic E-state index is 0.121. The summed E-state index contributed by atoms with van der Waals surface area (Å²) < 4.78 is 25.9. The molecule has 7 nitrogen and oxygen atoms in total. The van der Waals surface area contributed by atoms with E-state index in [0.29, 0.717) is 6.26 Å². The molecule has 0 saturated carbocycles. The maximum Gasteiger partial charge on any atom is 0.261 e. The molecule has 33 heavy (non-hydrogen) atoms. The average Bonchev–Trinajstić information content (AvgIpc) is 2.69. The second-order valence-electron chi connectivity index (χ2n) is 6.39. The molecule has 0 aliphatic rings. The fourth-order valence-electron chi connectivity index (χ4n) is 1.35. The minimum Gasteiger partial charge on any atom is -0.300 e. The maximum absolute atomic E-state index is 10.6. The van der Waals surface area contributed by atoms with Crippen molar-refractivity contribution in [2.45, 2.75) is 55.4 Å². The zero-order chi connectivity index (χ0) is 27.0. The van der Waals surface area contributed by atoms with E-state index in [-0.39, 0.29) is 23.1 Å². The summed E-state index contributed by atoms with van der Waals surface area (Å²) in [6.45, 7) is 13.2. The highest BCUT2D eigenvalue weighted by Gasteiger charge is 1.93. The first-order valence-electron chi connectivity index (χ1n) is 10.1. The highest BCUT2D eigenvalue weighted by atomic mass is 32.2. The predicted molar refractivity (Wildman–Crippen MR) is 134 cm³/mol. The molecule has 0 spiro atoms. The van der Waals surface area contributed by atoms with Gasteiger partial charge in [-0.05, 0) is 41.5 Å². The number of carbonyl (C=O) groups is 4. The molecule has 0 heterocycles. The molecule has 2 rings (SSSR count). The van der Waals surface area contributed by atoms with Crippen LogP contribution < -0.4 is 0 Å². The van der Waals surface area contributed by atoms with Crippen molar-refractivity contribution < 1.29 is 32.1 Å². The van der Waals surface area contributed by atoms with Crippen molar-refractivity contribution in [3.63, 3.8) is 0 Å². The molecule has 0 radical (unpaired) electrons. The van der Waals surface area contributed by atoms with E-state index in [0.717, 1.165) is 11.1 Å². The Bertz CT molecular complexity index is 811. The zero-order valence-electron chi connectivity index (χ0n) is 21.1. The van der Waals surface area contributed by atoms with E-state index in [9.17, 15) is 27.6 Å². The summed E-state index contributed by atoms with van der Waals surface area (Å²) in [7, 11) is -3.67. The molecule has 186 valence electrons. The number of hydrogen-bond acceptors (Lipinski definition) is 6. The molecule has 2 aromatic rings. The lowest BCUT2D eigenvalue weighted by Gasteiger charge is -1.89. The SMILES string of the molecule is CC.CC(=O)c1ccccc1.CC(=O)c1ccccc1.CC(C)=O.CC(C)=O.CS(=O)(=O)O. The molecule has 0 unspecified atom stereocenters. The van der Waals surface area contributed by atoms with Crippen molar-refractivity contribution in [1.29, 1.82) is 0 Å². The summed E-state index contributed by atoms with van der Waals surface area (Å²) in [5.74, 6) is 0.575. The molecule has 0 aliphatic carbocycles. The Morgan fingerprint density at radius 3 is 0.818 bits per heavy atom. The van der Waals surface area contributed by atoms with E-state index in [4.69, 9.17) is 4.55 Å². The second kappa shape index (κ2) is 23.7. The van der Waals surface area contributed by atoms with Gasteiger partial charge in [-0.15, -0.1) is 0 Å². The van der Waals surface area contributed by atoms with Crippen LogP contribution in [0, 0.1) is 0 Å². The fourth-order valence-corrected chi connectivity index (χ4v) is 1.35. The van der Waals surface area contributed by atoms with Gasteiger partial charge in [-0.25, -0.2) is 0 Å². The van der Waals surface area contributed by atoms with Crippen molar-refractivity contribution in [1.82, 2.24) is 0 Å². The summed E-state index contributed by atoms with van der Waals surface area (Å²) in [4.78, 5) is 40.2. The van der Waals surface area contributed by atoms with Gasteiger partial charge in [-0.1, -0.05) is 74.5 Å². The largest absolute Gasteiger partial charge is 0.300 e. The van der Waals surface area contributed by atoms with Gasteiger partial charge < -0.3 is 9.59 Å². The molecule has 0 atom stereocenters. The van der Waals surface area contributed by atoms with E-state index in [1.54, 1.807) is 13.8 Å². The van der Waals surface area contributed by atoms with Crippen LogP contribution in [0.25, 0.3) is 0 Å². The number of ketones is 4. The first kappa shape index (κ1) is 37.4. The van der Waals surface area contributed by atoms with Crippen LogP contribution in [-0.2, 0) is 19.7 Å². The Labute approximate surface area is 199 Å². The quantitative estimate of drug-likeness (QED) is 0.443. The molecular weight excluding hydrogens is 444 g/mol. The van der Waals surface area contributed by atoms with Crippen LogP contribution in [0.4, 0.5) is 0 Å². The molecule has 1 N–H and O–H groups in total. The lowest BCUT2D eigenvalue weighted by molar-refractivity contribution is -0.115. The van der Waals surface area contributed by atoms with Crippen LogP contribution in [-0.4, -0.2) is 42.4 Å². The molecule has 0 bridgehead atoms. The van der Waals surface area contributed by atoms with Crippen LogP contribution in [0.1, 0.15) is 76.1 Å². The summed E-state index contributed by atoms with van der Waals surface area (Å²) in [5.41, 5.74) is 1.55. The first-order valence-corrected chi connectivity index (χ1v) is 11.9. The Balaban J connectivity index is -0.000000164. The van der Waals surface area contributed by atoms with Gasteiger partial charge in [0.25, 0.3) is 10.1 Å². The lowest BCUT2D eigenvalue weighted by atomic mass is 10.2. The van der Waals surface area contributed by atoms with Gasteiger partial charge in [0.1, 0.15) is 11.6 Å². The average molecular weight is 483 g/mol. The van der Waals surface area contributed by atoms with Crippen molar-refractivity contribution in [2.24, 2.45) is 0 Å². The van der Waals surface area contributed by atoms with E-state index in [1.807, 2.05) is 74.5 Å². The van der Waals surface area contributed by atoms with Crippen molar-refractivity contribution in [2.75, 3.05) is 6.26 Å². The third-order valence-electron chi connectivity index (χ3n) is 2.36. The second-order valence-corrected chi connectivity index (χ2v) is 7.86. The van der Waals surface area contributed by atoms with Crippen molar-refractivity contribution in [3.8, 4) is 0 Å². The van der Waals surface area contributed by atoms with Crippen LogP contribution in [0.5, 0.6) is 0 Å². The number of benzene rings is 2. The van der Waals surface area contributed by atoms with Crippen LogP contribution in [0.2, 0.25) is 0 Å². The maximum atomic E-state index is 10.6. The highest BCUT2D eigenvalue weighted by Crippen LogP contribution is 1.98. The summed E-state index contributed by atoms with van der Waals surface area (Å²) in [5, 5.41) is 0. The summed E-state index contributed by atoms with van der Waals surface area (Å²) in [6, 6.07) is 18.5. The van der Waals surface area contributed by atoms with E-state index in [1.165, 1.54) is 27.7 Å².